The maximum absolute atomic E-state index is 11.3. The minimum absolute atomic E-state index is 0.133. The average molecular weight is 298 g/mol. The van der Waals surface area contributed by atoms with E-state index in [4.69, 9.17) is 4.74 Å². The summed E-state index contributed by atoms with van der Waals surface area (Å²) in [6, 6.07) is 6.20. The van der Waals surface area contributed by atoms with Gasteiger partial charge in [-0.05, 0) is 37.1 Å². The van der Waals surface area contributed by atoms with Gasteiger partial charge in [-0.2, -0.15) is 0 Å². The van der Waals surface area contributed by atoms with E-state index in [2.05, 4.69) is 15.7 Å². The molecule has 0 aromatic heterocycles. The molecule has 2 rings (SSSR count). The number of fused-ring (bicyclic) bond motifs is 1. The van der Waals surface area contributed by atoms with Crippen LogP contribution in [-0.2, 0) is 16.4 Å². The lowest BCUT2D eigenvalue weighted by Crippen LogP contribution is -2.29. The molecule has 1 aromatic rings. The molecule has 0 unspecified atom stereocenters. The first-order valence-corrected chi connectivity index (χ1v) is 8.61. The van der Waals surface area contributed by atoms with E-state index in [1.807, 2.05) is 19.2 Å². The number of nitrogens with one attached hydrogen (secondary N) is 1. The first-order chi connectivity index (χ1) is 9.52. The highest BCUT2D eigenvalue weighted by molar-refractivity contribution is 7.89. The Kier molecular flexibility index (Phi) is 4.88. The number of hydrogen-bond donors (Lipinski definition) is 1. The van der Waals surface area contributed by atoms with Crippen LogP contribution in [0.2, 0.25) is 0 Å². The van der Waals surface area contributed by atoms with Crippen molar-refractivity contribution >= 4 is 15.7 Å². The molecule has 0 aliphatic carbocycles. The summed E-state index contributed by atoms with van der Waals surface area (Å²) in [6.07, 6.45) is 1.75. The third-order valence-electron chi connectivity index (χ3n) is 3.49. The van der Waals surface area contributed by atoms with Crippen molar-refractivity contribution in [1.29, 1.82) is 0 Å². The molecular formula is C14H22N2O3S. The van der Waals surface area contributed by atoms with Gasteiger partial charge in [0.2, 0.25) is 10.0 Å². The number of nitrogens with zero attached hydrogens (tertiary/aromatic N) is 1. The van der Waals surface area contributed by atoms with E-state index in [9.17, 15) is 8.42 Å². The van der Waals surface area contributed by atoms with E-state index in [0.29, 0.717) is 6.54 Å². The Morgan fingerprint density at radius 3 is 2.95 bits per heavy atom. The van der Waals surface area contributed by atoms with Crippen LogP contribution in [0.5, 0.6) is 5.75 Å². The molecule has 0 bridgehead atoms. The molecule has 20 heavy (non-hydrogen) atoms. The fourth-order valence-electron chi connectivity index (χ4n) is 2.19. The maximum Gasteiger partial charge on any atom is 0.211 e. The molecule has 1 aliphatic rings. The van der Waals surface area contributed by atoms with Gasteiger partial charge in [-0.25, -0.2) is 13.1 Å². The predicted molar refractivity (Wildman–Crippen MR) is 81.0 cm³/mol. The summed E-state index contributed by atoms with van der Waals surface area (Å²) in [4.78, 5) is 2.14. The second-order valence-electron chi connectivity index (χ2n) is 4.96. The van der Waals surface area contributed by atoms with Gasteiger partial charge in [0.25, 0.3) is 0 Å². The highest BCUT2D eigenvalue weighted by atomic mass is 32.2. The summed E-state index contributed by atoms with van der Waals surface area (Å²) in [6.45, 7) is 3.70. The summed E-state index contributed by atoms with van der Waals surface area (Å²) < 4.78 is 30.7. The Balaban J connectivity index is 1.82. The zero-order valence-electron chi connectivity index (χ0n) is 12.1. The largest absolute Gasteiger partial charge is 0.493 e. The van der Waals surface area contributed by atoms with Gasteiger partial charge in [0.15, 0.2) is 0 Å². The van der Waals surface area contributed by atoms with Crippen LogP contribution >= 0.6 is 0 Å². The van der Waals surface area contributed by atoms with Crippen molar-refractivity contribution in [2.45, 2.75) is 19.8 Å². The molecule has 1 aliphatic heterocycles. The highest BCUT2D eigenvalue weighted by Crippen LogP contribution is 2.29. The van der Waals surface area contributed by atoms with Crippen molar-refractivity contribution < 1.29 is 13.2 Å². The van der Waals surface area contributed by atoms with E-state index in [1.165, 1.54) is 5.56 Å². The second kappa shape index (κ2) is 6.45. The minimum atomic E-state index is -3.08. The predicted octanol–water partition coefficient (Wildman–Crippen LogP) is 1.39. The summed E-state index contributed by atoms with van der Waals surface area (Å²) in [5, 5.41) is 0. The summed E-state index contributed by atoms with van der Waals surface area (Å²) >= 11 is 0. The van der Waals surface area contributed by atoms with Crippen LogP contribution < -0.4 is 14.4 Å². The molecule has 0 atom stereocenters. The van der Waals surface area contributed by atoms with Crippen LogP contribution in [0, 0.1) is 0 Å². The Hall–Kier alpha value is -1.27. The van der Waals surface area contributed by atoms with Crippen molar-refractivity contribution in [3.8, 4) is 5.75 Å². The Labute approximate surface area is 121 Å². The van der Waals surface area contributed by atoms with Crippen LogP contribution in [0.15, 0.2) is 18.2 Å². The fourth-order valence-corrected chi connectivity index (χ4v) is 2.84. The molecule has 5 nitrogen and oxygen atoms in total. The number of ether oxygens (including phenoxy) is 1. The number of rotatable bonds is 7. The zero-order valence-corrected chi connectivity index (χ0v) is 12.9. The first-order valence-electron chi connectivity index (χ1n) is 6.96. The van der Waals surface area contributed by atoms with Crippen molar-refractivity contribution in [2.75, 3.05) is 37.4 Å². The number of sulfonamides is 1. The Bertz CT molecular complexity index is 558. The Morgan fingerprint density at radius 1 is 1.40 bits per heavy atom. The van der Waals surface area contributed by atoms with Crippen molar-refractivity contribution in [3.63, 3.8) is 0 Å². The van der Waals surface area contributed by atoms with Crippen molar-refractivity contribution in [3.05, 3.63) is 23.8 Å². The molecule has 0 saturated carbocycles. The van der Waals surface area contributed by atoms with E-state index in [1.54, 1.807) is 6.92 Å². The van der Waals surface area contributed by atoms with E-state index in [-0.39, 0.29) is 5.75 Å². The second-order valence-corrected chi connectivity index (χ2v) is 7.06. The van der Waals surface area contributed by atoms with Gasteiger partial charge in [-0.1, -0.05) is 0 Å². The average Bonchev–Trinajstić information content (AvgIpc) is 2.90. The third-order valence-corrected chi connectivity index (χ3v) is 4.89. The normalized spacial score (nSPS) is 13.9. The molecule has 0 fully saturated rings. The summed E-state index contributed by atoms with van der Waals surface area (Å²) in [5.74, 6) is 1.12. The molecule has 0 radical (unpaired) electrons. The fraction of sp³-hybridized carbons (Fsp3) is 0.571. The number of anilines is 1. The van der Waals surface area contributed by atoms with Gasteiger partial charge in [-0.15, -0.1) is 0 Å². The molecule has 0 amide bonds. The molecule has 0 saturated heterocycles. The van der Waals surface area contributed by atoms with Gasteiger partial charge < -0.3 is 9.64 Å². The smallest absolute Gasteiger partial charge is 0.211 e. The molecule has 0 spiro atoms. The summed E-state index contributed by atoms with van der Waals surface area (Å²) in [5.41, 5.74) is 2.40. The van der Waals surface area contributed by atoms with Gasteiger partial charge >= 0.3 is 0 Å². The standard InChI is InChI=1S/C14H22N2O3S/c1-3-20(17,18)15-8-4-9-16(2)13-5-6-14-12(11-13)7-10-19-14/h5-6,11,15H,3-4,7-10H2,1-2H3. The quantitative estimate of drug-likeness (QED) is 0.773. The lowest BCUT2D eigenvalue weighted by molar-refractivity contribution is 0.357. The van der Waals surface area contributed by atoms with Crippen LogP contribution in [-0.4, -0.2) is 40.9 Å². The van der Waals surface area contributed by atoms with E-state index < -0.39 is 10.0 Å². The van der Waals surface area contributed by atoms with Gasteiger partial charge in [0.05, 0.1) is 12.4 Å². The molecule has 1 N–H and O–H groups in total. The Morgan fingerprint density at radius 2 is 2.20 bits per heavy atom. The third kappa shape index (κ3) is 3.86. The van der Waals surface area contributed by atoms with Crippen molar-refractivity contribution in [2.24, 2.45) is 0 Å². The van der Waals surface area contributed by atoms with Crippen molar-refractivity contribution in [1.82, 2.24) is 4.72 Å². The number of hydrogen-bond acceptors (Lipinski definition) is 4. The van der Waals surface area contributed by atoms with Crippen LogP contribution in [0.1, 0.15) is 18.9 Å². The first kappa shape index (κ1) is 15.1. The zero-order chi connectivity index (χ0) is 14.6. The molecule has 1 heterocycles. The monoisotopic (exact) mass is 298 g/mol. The van der Waals surface area contributed by atoms with Gasteiger partial charge in [0, 0.05) is 32.2 Å². The SMILES string of the molecule is CCS(=O)(=O)NCCCN(C)c1ccc2c(c1)CCO2. The van der Waals surface area contributed by atoms with Crippen LogP contribution in [0.3, 0.4) is 0 Å². The summed E-state index contributed by atoms with van der Waals surface area (Å²) in [7, 11) is -1.06. The van der Waals surface area contributed by atoms with Gasteiger partial charge in [-0.3, -0.25) is 0 Å². The van der Waals surface area contributed by atoms with Crippen LogP contribution in [0.4, 0.5) is 5.69 Å². The van der Waals surface area contributed by atoms with E-state index >= 15 is 0 Å². The lowest BCUT2D eigenvalue weighted by Gasteiger charge is -2.20. The highest BCUT2D eigenvalue weighted by Gasteiger charge is 2.13. The number of benzene rings is 1. The lowest BCUT2D eigenvalue weighted by atomic mass is 10.1. The minimum Gasteiger partial charge on any atom is -0.493 e. The molecule has 6 heteroatoms. The van der Waals surface area contributed by atoms with Crippen LogP contribution in [0.25, 0.3) is 0 Å². The topological polar surface area (TPSA) is 58.6 Å². The maximum atomic E-state index is 11.3. The molecule has 112 valence electrons. The van der Waals surface area contributed by atoms with Gasteiger partial charge in [0.1, 0.15) is 5.75 Å². The molecular weight excluding hydrogens is 276 g/mol. The van der Waals surface area contributed by atoms with E-state index in [0.717, 1.165) is 37.4 Å². The molecule has 1 aromatic carbocycles.